The number of aryl methyl sites for hydroxylation is 1. The Labute approximate surface area is 112 Å². The Morgan fingerprint density at radius 3 is 2.56 bits per heavy atom. The van der Waals surface area contributed by atoms with Gasteiger partial charge in [0, 0.05) is 18.1 Å². The monoisotopic (exact) mass is 263 g/mol. The highest BCUT2D eigenvalue weighted by Crippen LogP contribution is 2.17. The molecule has 2 rings (SSSR count). The molecular weight excluding hydrogens is 249 g/mol. The molecule has 0 atom stereocenters. The number of rotatable bonds is 4. The Bertz CT molecular complexity index is 540. The molecule has 0 fully saturated rings. The van der Waals surface area contributed by atoms with Gasteiger partial charge in [-0.3, -0.25) is 0 Å². The average molecular weight is 264 g/mol. The lowest BCUT2D eigenvalue weighted by atomic mass is 10.1. The number of hydrogen-bond donors (Lipinski definition) is 1. The molecule has 0 aliphatic carbocycles. The van der Waals surface area contributed by atoms with Crippen molar-refractivity contribution in [2.75, 3.05) is 0 Å². The molecule has 2 aromatic carbocycles. The Morgan fingerprint density at radius 2 is 1.78 bits per heavy atom. The predicted molar refractivity (Wildman–Crippen MR) is 73.1 cm³/mol. The van der Waals surface area contributed by atoms with Crippen LogP contribution >= 0.6 is 11.6 Å². The fraction of sp³-hybridized carbons (Fsp3) is 0.200. The van der Waals surface area contributed by atoms with Crippen LogP contribution in [0.5, 0.6) is 0 Å². The van der Waals surface area contributed by atoms with Crippen LogP contribution in [0.15, 0.2) is 42.5 Å². The summed E-state index contributed by atoms with van der Waals surface area (Å²) in [5.74, 6) is -0.257. The highest BCUT2D eigenvalue weighted by atomic mass is 35.5. The fourth-order valence-electron chi connectivity index (χ4n) is 1.82. The van der Waals surface area contributed by atoms with E-state index in [0.717, 1.165) is 12.1 Å². The van der Waals surface area contributed by atoms with Crippen molar-refractivity contribution < 1.29 is 4.39 Å². The number of benzene rings is 2. The summed E-state index contributed by atoms with van der Waals surface area (Å²) < 4.78 is 13.1. The van der Waals surface area contributed by atoms with Gasteiger partial charge in [-0.15, -0.1) is 0 Å². The number of hydrogen-bond acceptors (Lipinski definition) is 1. The van der Waals surface area contributed by atoms with E-state index in [-0.39, 0.29) is 5.82 Å². The Hall–Kier alpha value is -1.38. The molecule has 94 valence electrons. The molecule has 0 saturated carbocycles. The van der Waals surface area contributed by atoms with E-state index in [1.54, 1.807) is 6.07 Å². The molecule has 0 aliphatic heterocycles. The summed E-state index contributed by atoms with van der Waals surface area (Å²) in [7, 11) is 0. The third kappa shape index (κ3) is 3.31. The topological polar surface area (TPSA) is 12.0 Å². The molecule has 0 bridgehead atoms. The quantitative estimate of drug-likeness (QED) is 0.877. The van der Waals surface area contributed by atoms with Crippen LogP contribution < -0.4 is 5.32 Å². The van der Waals surface area contributed by atoms with Crippen LogP contribution in [0, 0.1) is 12.7 Å². The van der Waals surface area contributed by atoms with Crippen molar-refractivity contribution in [1.82, 2.24) is 5.32 Å². The molecule has 0 aromatic heterocycles. The van der Waals surface area contributed by atoms with E-state index < -0.39 is 0 Å². The van der Waals surface area contributed by atoms with E-state index in [4.69, 9.17) is 11.6 Å². The Morgan fingerprint density at radius 1 is 1.06 bits per heavy atom. The Balaban J connectivity index is 1.96. The van der Waals surface area contributed by atoms with Crippen molar-refractivity contribution in [3.63, 3.8) is 0 Å². The SMILES string of the molecule is Cc1ccccc1CNCc1cc(F)ccc1Cl. The van der Waals surface area contributed by atoms with Gasteiger partial charge in [0.05, 0.1) is 0 Å². The molecule has 0 saturated heterocycles. The first kappa shape index (κ1) is 13.1. The van der Waals surface area contributed by atoms with E-state index in [1.165, 1.54) is 23.3 Å². The second kappa shape index (κ2) is 5.98. The summed E-state index contributed by atoms with van der Waals surface area (Å²) in [6.45, 7) is 3.39. The van der Waals surface area contributed by atoms with Crippen LogP contribution in [0.4, 0.5) is 4.39 Å². The van der Waals surface area contributed by atoms with Gasteiger partial charge in [-0.05, 0) is 41.8 Å². The third-order valence-corrected chi connectivity index (χ3v) is 3.27. The third-order valence-electron chi connectivity index (χ3n) is 2.90. The summed E-state index contributed by atoms with van der Waals surface area (Å²) in [6.07, 6.45) is 0. The van der Waals surface area contributed by atoms with Crippen LogP contribution in [0.1, 0.15) is 16.7 Å². The van der Waals surface area contributed by atoms with E-state index in [2.05, 4.69) is 24.4 Å². The lowest BCUT2D eigenvalue weighted by molar-refractivity contribution is 0.620. The van der Waals surface area contributed by atoms with E-state index >= 15 is 0 Å². The normalized spacial score (nSPS) is 10.6. The molecule has 0 heterocycles. The molecule has 0 unspecified atom stereocenters. The maximum Gasteiger partial charge on any atom is 0.123 e. The van der Waals surface area contributed by atoms with Crippen LogP contribution in [0.3, 0.4) is 0 Å². The minimum atomic E-state index is -0.257. The van der Waals surface area contributed by atoms with Gasteiger partial charge >= 0.3 is 0 Å². The second-order valence-electron chi connectivity index (χ2n) is 4.27. The molecule has 2 aromatic rings. The van der Waals surface area contributed by atoms with Gasteiger partial charge in [0.15, 0.2) is 0 Å². The van der Waals surface area contributed by atoms with Gasteiger partial charge in [-0.2, -0.15) is 0 Å². The lowest BCUT2D eigenvalue weighted by Crippen LogP contribution is -2.13. The smallest absolute Gasteiger partial charge is 0.123 e. The fourth-order valence-corrected chi connectivity index (χ4v) is 2.00. The highest BCUT2D eigenvalue weighted by Gasteiger charge is 2.02. The van der Waals surface area contributed by atoms with Gasteiger partial charge in [-0.25, -0.2) is 4.39 Å². The van der Waals surface area contributed by atoms with Gasteiger partial charge in [0.2, 0.25) is 0 Å². The maximum absolute atomic E-state index is 13.1. The van der Waals surface area contributed by atoms with Crippen molar-refractivity contribution in [2.24, 2.45) is 0 Å². The van der Waals surface area contributed by atoms with Gasteiger partial charge in [0.1, 0.15) is 5.82 Å². The van der Waals surface area contributed by atoms with Crippen LogP contribution in [0.25, 0.3) is 0 Å². The van der Waals surface area contributed by atoms with Gasteiger partial charge < -0.3 is 5.32 Å². The first-order chi connectivity index (χ1) is 8.66. The van der Waals surface area contributed by atoms with Gasteiger partial charge in [-0.1, -0.05) is 35.9 Å². The molecule has 0 spiro atoms. The second-order valence-corrected chi connectivity index (χ2v) is 4.67. The first-order valence-corrected chi connectivity index (χ1v) is 6.24. The number of nitrogens with one attached hydrogen (secondary N) is 1. The number of halogens is 2. The summed E-state index contributed by atoms with van der Waals surface area (Å²) in [6, 6.07) is 12.6. The minimum Gasteiger partial charge on any atom is -0.309 e. The van der Waals surface area contributed by atoms with E-state index in [9.17, 15) is 4.39 Å². The predicted octanol–water partition coefficient (Wildman–Crippen LogP) is 4.08. The van der Waals surface area contributed by atoms with E-state index in [0.29, 0.717) is 11.6 Å². The first-order valence-electron chi connectivity index (χ1n) is 5.86. The summed E-state index contributed by atoms with van der Waals surface area (Å²) >= 11 is 6.00. The molecule has 3 heteroatoms. The standard InChI is InChI=1S/C15H15ClFN/c1-11-4-2-3-5-12(11)9-18-10-13-8-14(17)6-7-15(13)16/h2-8,18H,9-10H2,1H3. The van der Waals surface area contributed by atoms with Crippen LogP contribution in [-0.2, 0) is 13.1 Å². The van der Waals surface area contributed by atoms with Crippen molar-refractivity contribution in [2.45, 2.75) is 20.0 Å². The molecule has 0 amide bonds. The zero-order chi connectivity index (χ0) is 13.0. The summed E-state index contributed by atoms with van der Waals surface area (Å²) in [5.41, 5.74) is 3.27. The molecule has 18 heavy (non-hydrogen) atoms. The van der Waals surface area contributed by atoms with Crippen molar-refractivity contribution >= 4 is 11.6 Å². The van der Waals surface area contributed by atoms with Crippen molar-refractivity contribution in [1.29, 1.82) is 0 Å². The molecule has 1 nitrogen and oxygen atoms in total. The molecule has 0 radical (unpaired) electrons. The molecule has 1 N–H and O–H groups in total. The van der Waals surface area contributed by atoms with E-state index in [1.807, 2.05) is 12.1 Å². The van der Waals surface area contributed by atoms with Crippen LogP contribution in [0.2, 0.25) is 5.02 Å². The summed E-state index contributed by atoms with van der Waals surface area (Å²) in [5, 5.41) is 3.87. The lowest BCUT2D eigenvalue weighted by Gasteiger charge is -2.09. The van der Waals surface area contributed by atoms with Crippen molar-refractivity contribution in [3.8, 4) is 0 Å². The largest absolute Gasteiger partial charge is 0.309 e. The Kier molecular flexibility index (Phi) is 4.34. The maximum atomic E-state index is 13.1. The highest BCUT2D eigenvalue weighted by molar-refractivity contribution is 6.31. The zero-order valence-electron chi connectivity index (χ0n) is 10.2. The molecular formula is C15H15ClFN. The average Bonchev–Trinajstić information content (AvgIpc) is 2.36. The van der Waals surface area contributed by atoms with Crippen LogP contribution in [-0.4, -0.2) is 0 Å². The molecule has 0 aliphatic rings. The van der Waals surface area contributed by atoms with Gasteiger partial charge in [0.25, 0.3) is 0 Å². The van der Waals surface area contributed by atoms with Crippen molar-refractivity contribution in [3.05, 3.63) is 70.0 Å². The minimum absolute atomic E-state index is 0.257. The summed E-state index contributed by atoms with van der Waals surface area (Å²) in [4.78, 5) is 0. The zero-order valence-corrected chi connectivity index (χ0v) is 11.0.